The zero-order valence-electron chi connectivity index (χ0n) is 14.2. The molecule has 0 atom stereocenters. The molecule has 2 aromatic carbocycles. The maximum Gasteiger partial charge on any atom is 0.387 e. The second-order valence-electron chi connectivity index (χ2n) is 5.63. The molecule has 1 aromatic heterocycles. The Labute approximate surface area is 153 Å². The number of para-hydroxylation sites is 2. The van der Waals surface area contributed by atoms with Gasteiger partial charge >= 0.3 is 6.61 Å². The Bertz CT molecular complexity index is 959. The maximum absolute atomic E-state index is 12.4. The van der Waals surface area contributed by atoms with Crippen LogP contribution < -0.4 is 10.1 Å². The Morgan fingerprint density at radius 2 is 2.04 bits per heavy atom. The number of rotatable bonds is 6. The van der Waals surface area contributed by atoms with Gasteiger partial charge in [-0.3, -0.25) is 9.89 Å². The van der Waals surface area contributed by atoms with Crippen molar-refractivity contribution in [1.29, 1.82) is 0 Å². The number of aromatic amines is 1. The highest BCUT2D eigenvalue weighted by molar-refractivity contribution is 5.96. The molecule has 3 aromatic rings. The number of aromatic hydroxyl groups is 1. The van der Waals surface area contributed by atoms with Crippen LogP contribution in [0.15, 0.2) is 42.5 Å². The number of halogens is 2. The van der Waals surface area contributed by atoms with Crippen LogP contribution in [0.1, 0.15) is 21.7 Å². The number of phenols is 1. The first-order chi connectivity index (χ1) is 13.0. The van der Waals surface area contributed by atoms with Crippen molar-refractivity contribution in [3.8, 4) is 22.9 Å². The van der Waals surface area contributed by atoms with E-state index in [4.69, 9.17) is 0 Å². The third kappa shape index (κ3) is 4.20. The van der Waals surface area contributed by atoms with E-state index in [0.717, 1.165) is 0 Å². The lowest BCUT2D eigenvalue weighted by Crippen LogP contribution is -2.24. The Balaban J connectivity index is 1.71. The molecule has 0 saturated carbocycles. The third-order valence-electron chi connectivity index (χ3n) is 3.77. The smallest absolute Gasteiger partial charge is 0.387 e. The van der Waals surface area contributed by atoms with Crippen molar-refractivity contribution in [2.75, 3.05) is 0 Å². The number of H-pyrrole nitrogens is 1. The van der Waals surface area contributed by atoms with E-state index >= 15 is 0 Å². The number of nitrogens with zero attached hydrogens (tertiary/aromatic N) is 2. The van der Waals surface area contributed by atoms with Gasteiger partial charge in [0.1, 0.15) is 17.3 Å². The number of alkyl halides is 2. The number of hydrogen-bond donors (Lipinski definition) is 3. The van der Waals surface area contributed by atoms with Crippen LogP contribution >= 0.6 is 0 Å². The number of aromatic nitrogens is 3. The fourth-order valence-electron chi connectivity index (χ4n) is 2.45. The molecule has 27 heavy (non-hydrogen) atoms. The van der Waals surface area contributed by atoms with Gasteiger partial charge in [-0.1, -0.05) is 24.3 Å². The Hall–Kier alpha value is -3.49. The van der Waals surface area contributed by atoms with E-state index in [2.05, 4.69) is 25.2 Å². The van der Waals surface area contributed by atoms with Gasteiger partial charge in [-0.05, 0) is 30.7 Å². The Kier molecular flexibility index (Phi) is 5.30. The fraction of sp³-hybridized carbons (Fsp3) is 0.167. The molecule has 7 nitrogen and oxygen atoms in total. The number of amides is 1. The highest BCUT2D eigenvalue weighted by atomic mass is 19.3. The van der Waals surface area contributed by atoms with Crippen LogP contribution in [0.2, 0.25) is 0 Å². The summed E-state index contributed by atoms with van der Waals surface area (Å²) in [4.78, 5) is 16.5. The maximum atomic E-state index is 12.4. The predicted octanol–water partition coefficient (Wildman–Crippen LogP) is 3.02. The summed E-state index contributed by atoms with van der Waals surface area (Å²) in [5, 5.41) is 19.3. The van der Waals surface area contributed by atoms with Gasteiger partial charge in [-0.25, -0.2) is 4.98 Å². The molecule has 140 valence electrons. The number of hydrogen-bond acceptors (Lipinski definition) is 5. The molecule has 0 aliphatic carbocycles. The summed E-state index contributed by atoms with van der Waals surface area (Å²) in [5.41, 5.74) is 1.12. The lowest BCUT2D eigenvalue weighted by atomic mass is 10.1. The van der Waals surface area contributed by atoms with Crippen LogP contribution in [0.3, 0.4) is 0 Å². The lowest BCUT2D eigenvalue weighted by Gasteiger charge is -2.10. The summed E-state index contributed by atoms with van der Waals surface area (Å²) in [6.07, 6.45) is 0. The molecular weight excluding hydrogens is 358 g/mol. The third-order valence-corrected chi connectivity index (χ3v) is 3.77. The average molecular weight is 374 g/mol. The SMILES string of the molecule is Cc1cccc(-c2n[nH]c(CNC(=O)c3ccccc3OC(F)F)n2)c1O. The molecule has 3 rings (SSSR count). The zero-order chi connectivity index (χ0) is 19.4. The van der Waals surface area contributed by atoms with Crippen molar-refractivity contribution < 1.29 is 23.4 Å². The van der Waals surface area contributed by atoms with Gasteiger partial charge in [-0.15, -0.1) is 0 Å². The van der Waals surface area contributed by atoms with Crippen molar-refractivity contribution >= 4 is 5.91 Å². The summed E-state index contributed by atoms with van der Waals surface area (Å²) in [7, 11) is 0. The molecule has 0 unspecified atom stereocenters. The fourth-order valence-corrected chi connectivity index (χ4v) is 2.45. The molecule has 1 amide bonds. The second kappa shape index (κ2) is 7.81. The van der Waals surface area contributed by atoms with Crippen molar-refractivity contribution in [2.45, 2.75) is 20.1 Å². The summed E-state index contributed by atoms with van der Waals surface area (Å²) in [6.45, 7) is -1.29. The minimum Gasteiger partial charge on any atom is -0.507 e. The monoisotopic (exact) mass is 374 g/mol. The van der Waals surface area contributed by atoms with E-state index in [-0.39, 0.29) is 29.4 Å². The van der Waals surface area contributed by atoms with Gasteiger partial charge in [0.15, 0.2) is 5.82 Å². The van der Waals surface area contributed by atoms with E-state index < -0.39 is 12.5 Å². The zero-order valence-corrected chi connectivity index (χ0v) is 14.2. The summed E-state index contributed by atoms with van der Waals surface area (Å²) in [5.74, 6) is -0.117. The highest BCUT2D eigenvalue weighted by Crippen LogP contribution is 2.29. The standard InChI is InChI=1S/C18H16F2N4O3/c1-10-5-4-7-12(15(10)25)16-22-14(23-24-16)9-21-17(26)11-6-2-3-8-13(11)27-18(19)20/h2-8,18,25H,9H2,1H3,(H,21,26)(H,22,23,24). The number of benzene rings is 2. The average Bonchev–Trinajstić information content (AvgIpc) is 3.11. The summed E-state index contributed by atoms with van der Waals surface area (Å²) < 4.78 is 29.2. The minimum absolute atomic E-state index is 0.0125. The molecule has 0 radical (unpaired) electrons. The quantitative estimate of drug-likeness (QED) is 0.616. The lowest BCUT2D eigenvalue weighted by molar-refractivity contribution is -0.0501. The molecule has 9 heteroatoms. The number of phenolic OH excluding ortho intramolecular Hbond substituents is 1. The number of carbonyl (C=O) groups is 1. The van der Waals surface area contributed by atoms with E-state index in [1.165, 1.54) is 18.2 Å². The van der Waals surface area contributed by atoms with Gasteiger partial charge < -0.3 is 15.2 Å². The highest BCUT2D eigenvalue weighted by Gasteiger charge is 2.16. The van der Waals surface area contributed by atoms with Crippen molar-refractivity contribution in [3.05, 3.63) is 59.4 Å². The molecule has 0 bridgehead atoms. The normalized spacial score (nSPS) is 10.8. The van der Waals surface area contributed by atoms with Crippen LogP contribution in [0.4, 0.5) is 8.78 Å². The van der Waals surface area contributed by atoms with Crippen LogP contribution in [-0.4, -0.2) is 32.8 Å². The first kappa shape index (κ1) is 18.3. The van der Waals surface area contributed by atoms with Gasteiger partial charge in [-0.2, -0.15) is 13.9 Å². The number of carbonyl (C=O) groups excluding carboxylic acids is 1. The van der Waals surface area contributed by atoms with Gasteiger partial charge in [0.05, 0.1) is 17.7 Å². The van der Waals surface area contributed by atoms with Crippen molar-refractivity contribution in [3.63, 3.8) is 0 Å². The molecule has 3 N–H and O–H groups in total. The molecule has 0 saturated heterocycles. The van der Waals surface area contributed by atoms with Gasteiger partial charge in [0.25, 0.3) is 5.91 Å². The number of ether oxygens (including phenoxy) is 1. The molecular formula is C18H16F2N4O3. The van der Waals surface area contributed by atoms with Crippen LogP contribution in [0.25, 0.3) is 11.4 Å². The summed E-state index contributed by atoms with van der Waals surface area (Å²) in [6, 6.07) is 10.9. The van der Waals surface area contributed by atoms with Gasteiger partial charge in [0, 0.05) is 0 Å². The Morgan fingerprint density at radius 1 is 1.26 bits per heavy atom. The van der Waals surface area contributed by atoms with E-state index in [1.54, 1.807) is 31.2 Å². The van der Waals surface area contributed by atoms with Crippen molar-refractivity contribution in [1.82, 2.24) is 20.5 Å². The largest absolute Gasteiger partial charge is 0.507 e. The predicted molar refractivity (Wildman–Crippen MR) is 92.5 cm³/mol. The summed E-state index contributed by atoms with van der Waals surface area (Å²) >= 11 is 0. The molecule has 0 fully saturated rings. The molecule has 0 aliphatic rings. The van der Waals surface area contributed by atoms with Gasteiger partial charge in [0.2, 0.25) is 0 Å². The van der Waals surface area contributed by atoms with Crippen LogP contribution in [-0.2, 0) is 6.54 Å². The number of aryl methyl sites for hydroxylation is 1. The van der Waals surface area contributed by atoms with Crippen LogP contribution in [0, 0.1) is 6.92 Å². The Morgan fingerprint density at radius 3 is 2.81 bits per heavy atom. The first-order valence-electron chi connectivity index (χ1n) is 7.98. The van der Waals surface area contributed by atoms with Crippen molar-refractivity contribution in [2.24, 2.45) is 0 Å². The molecule has 0 aliphatic heterocycles. The van der Waals surface area contributed by atoms with E-state index in [1.807, 2.05) is 0 Å². The van der Waals surface area contributed by atoms with Crippen LogP contribution in [0.5, 0.6) is 11.5 Å². The molecule has 0 spiro atoms. The minimum atomic E-state index is -3.03. The topological polar surface area (TPSA) is 100 Å². The second-order valence-corrected chi connectivity index (χ2v) is 5.63. The van der Waals surface area contributed by atoms with E-state index in [0.29, 0.717) is 17.0 Å². The van der Waals surface area contributed by atoms with E-state index in [9.17, 15) is 18.7 Å². The molecule has 1 heterocycles. The first-order valence-corrected chi connectivity index (χ1v) is 7.98. The number of nitrogens with one attached hydrogen (secondary N) is 2.